The van der Waals surface area contributed by atoms with Gasteiger partial charge in [0.1, 0.15) is 11.9 Å². The largest absolute Gasteiger partial charge is 0.358 e. The lowest BCUT2D eigenvalue weighted by Crippen LogP contribution is -1.84. The lowest BCUT2D eigenvalue weighted by Gasteiger charge is -2.00. The molecule has 2 nitrogen and oxygen atoms in total. The summed E-state index contributed by atoms with van der Waals surface area (Å²) in [5.74, 6) is -0.215. The number of nitrogens with one attached hydrogen (secondary N) is 1. The minimum absolute atomic E-state index is 0.215. The van der Waals surface area contributed by atoms with Crippen LogP contribution < -0.4 is 0 Å². The van der Waals surface area contributed by atoms with Crippen LogP contribution in [0, 0.1) is 31.0 Å². The first-order valence-corrected chi connectivity index (χ1v) is 4.98. The summed E-state index contributed by atoms with van der Waals surface area (Å²) in [6.45, 7) is 3.57. The SMILES string of the molecule is Cc1cc(-c2cc(C#N)c(C)[nH]2)ccc1F. The molecule has 0 aliphatic carbocycles. The van der Waals surface area contributed by atoms with Crippen molar-refractivity contribution < 1.29 is 4.39 Å². The van der Waals surface area contributed by atoms with E-state index in [9.17, 15) is 4.39 Å². The molecule has 3 heteroatoms. The molecular weight excluding hydrogens is 203 g/mol. The fraction of sp³-hybridized carbons (Fsp3) is 0.154. The zero-order valence-electron chi connectivity index (χ0n) is 9.13. The molecule has 1 aromatic heterocycles. The van der Waals surface area contributed by atoms with Crippen LogP contribution in [0.25, 0.3) is 11.3 Å². The number of H-pyrrole nitrogens is 1. The molecular formula is C13H11FN2. The summed E-state index contributed by atoms with van der Waals surface area (Å²) in [5, 5.41) is 8.85. The molecule has 0 radical (unpaired) electrons. The second kappa shape index (κ2) is 3.82. The molecule has 1 N–H and O–H groups in total. The maximum Gasteiger partial charge on any atom is 0.126 e. The van der Waals surface area contributed by atoms with Crippen LogP contribution in [0.1, 0.15) is 16.8 Å². The van der Waals surface area contributed by atoms with Crippen LogP contribution in [0.2, 0.25) is 0 Å². The van der Waals surface area contributed by atoms with E-state index in [4.69, 9.17) is 5.26 Å². The first kappa shape index (κ1) is 10.4. The summed E-state index contributed by atoms with van der Waals surface area (Å²) < 4.78 is 13.1. The van der Waals surface area contributed by atoms with Crippen molar-refractivity contribution in [3.63, 3.8) is 0 Å². The highest BCUT2D eigenvalue weighted by Crippen LogP contribution is 2.23. The molecule has 1 aromatic carbocycles. The number of benzene rings is 1. The Balaban J connectivity index is 2.51. The third-order valence-corrected chi connectivity index (χ3v) is 2.60. The number of hydrogen-bond donors (Lipinski definition) is 1. The van der Waals surface area contributed by atoms with Gasteiger partial charge in [-0.05, 0) is 49.2 Å². The van der Waals surface area contributed by atoms with Crippen molar-refractivity contribution in [3.05, 3.63) is 46.9 Å². The Labute approximate surface area is 93.4 Å². The van der Waals surface area contributed by atoms with Crippen molar-refractivity contribution in [1.29, 1.82) is 5.26 Å². The Morgan fingerprint density at radius 1 is 1.25 bits per heavy atom. The third-order valence-electron chi connectivity index (χ3n) is 2.60. The Bertz CT molecular complexity index is 576. The fourth-order valence-electron chi connectivity index (χ4n) is 1.64. The standard InChI is InChI=1S/C13H11FN2/c1-8-5-10(3-4-12(8)14)13-6-11(7-15)9(2)16-13/h3-6,16H,1-2H3. The van der Waals surface area contributed by atoms with E-state index in [0.29, 0.717) is 11.1 Å². The molecule has 0 saturated carbocycles. The summed E-state index contributed by atoms with van der Waals surface area (Å²) in [5.41, 5.74) is 3.79. The van der Waals surface area contributed by atoms with Crippen molar-refractivity contribution in [2.75, 3.05) is 0 Å². The number of rotatable bonds is 1. The minimum Gasteiger partial charge on any atom is -0.358 e. The third kappa shape index (κ3) is 1.70. The van der Waals surface area contributed by atoms with Crippen molar-refractivity contribution in [2.45, 2.75) is 13.8 Å². The van der Waals surface area contributed by atoms with Gasteiger partial charge in [-0.15, -0.1) is 0 Å². The van der Waals surface area contributed by atoms with Crippen molar-refractivity contribution in [2.24, 2.45) is 0 Å². The monoisotopic (exact) mass is 214 g/mol. The molecule has 0 atom stereocenters. The van der Waals surface area contributed by atoms with Gasteiger partial charge in [0.2, 0.25) is 0 Å². The molecule has 16 heavy (non-hydrogen) atoms. The van der Waals surface area contributed by atoms with Gasteiger partial charge in [-0.25, -0.2) is 4.39 Å². The van der Waals surface area contributed by atoms with E-state index in [-0.39, 0.29) is 5.82 Å². The average molecular weight is 214 g/mol. The summed E-state index contributed by atoms with van der Waals surface area (Å²) >= 11 is 0. The summed E-state index contributed by atoms with van der Waals surface area (Å²) in [7, 11) is 0. The van der Waals surface area contributed by atoms with E-state index in [1.807, 2.05) is 6.92 Å². The van der Waals surface area contributed by atoms with Gasteiger partial charge >= 0.3 is 0 Å². The second-order valence-electron chi connectivity index (χ2n) is 3.80. The number of nitriles is 1. The summed E-state index contributed by atoms with van der Waals surface area (Å²) in [4.78, 5) is 3.11. The van der Waals surface area contributed by atoms with E-state index in [1.165, 1.54) is 6.07 Å². The molecule has 0 aliphatic rings. The molecule has 1 heterocycles. The van der Waals surface area contributed by atoms with Crippen LogP contribution in [0.15, 0.2) is 24.3 Å². The van der Waals surface area contributed by atoms with Crippen molar-refractivity contribution in [3.8, 4) is 17.3 Å². The fourth-order valence-corrected chi connectivity index (χ4v) is 1.64. The van der Waals surface area contributed by atoms with Crippen LogP contribution in [0.4, 0.5) is 4.39 Å². The Morgan fingerprint density at radius 2 is 2.00 bits per heavy atom. The number of aromatic nitrogens is 1. The maximum absolute atomic E-state index is 13.1. The molecule has 0 bridgehead atoms. The van der Waals surface area contributed by atoms with Gasteiger partial charge in [-0.1, -0.05) is 0 Å². The zero-order chi connectivity index (χ0) is 11.7. The topological polar surface area (TPSA) is 39.6 Å². The van der Waals surface area contributed by atoms with E-state index in [2.05, 4.69) is 11.1 Å². The van der Waals surface area contributed by atoms with Crippen LogP contribution >= 0.6 is 0 Å². The van der Waals surface area contributed by atoms with Crippen molar-refractivity contribution in [1.82, 2.24) is 4.98 Å². The number of hydrogen-bond acceptors (Lipinski definition) is 1. The van der Waals surface area contributed by atoms with Gasteiger partial charge in [-0.3, -0.25) is 0 Å². The van der Waals surface area contributed by atoms with Gasteiger partial charge in [0, 0.05) is 11.4 Å². The van der Waals surface area contributed by atoms with Gasteiger partial charge in [0.25, 0.3) is 0 Å². The van der Waals surface area contributed by atoms with E-state index >= 15 is 0 Å². The molecule has 2 rings (SSSR count). The molecule has 0 saturated heterocycles. The normalized spacial score (nSPS) is 10.1. The number of aryl methyl sites for hydroxylation is 2. The van der Waals surface area contributed by atoms with Crippen LogP contribution in [0.5, 0.6) is 0 Å². The number of aromatic amines is 1. The predicted molar refractivity (Wildman–Crippen MR) is 60.4 cm³/mol. The minimum atomic E-state index is -0.215. The van der Waals surface area contributed by atoms with Gasteiger partial charge in [-0.2, -0.15) is 5.26 Å². The Kier molecular flexibility index (Phi) is 2.49. The first-order chi connectivity index (χ1) is 7.61. The predicted octanol–water partition coefficient (Wildman–Crippen LogP) is 3.31. The average Bonchev–Trinajstić information content (AvgIpc) is 2.64. The van der Waals surface area contributed by atoms with Gasteiger partial charge < -0.3 is 4.98 Å². The summed E-state index contributed by atoms with van der Waals surface area (Å²) in [6, 6.07) is 8.79. The molecule has 0 fully saturated rings. The van der Waals surface area contributed by atoms with Gasteiger partial charge in [0.15, 0.2) is 0 Å². The molecule has 2 aromatic rings. The molecule has 0 unspecified atom stereocenters. The van der Waals surface area contributed by atoms with Crippen LogP contribution in [0.3, 0.4) is 0 Å². The highest BCUT2D eigenvalue weighted by atomic mass is 19.1. The Hall–Kier alpha value is -2.08. The molecule has 0 aliphatic heterocycles. The van der Waals surface area contributed by atoms with E-state index in [1.54, 1.807) is 25.1 Å². The van der Waals surface area contributed by atoms with Crippen LogP contribution in [-0.4, -0.2) is 4.98 Å². The Morgan fingerprint density at radius 3 is 2.56 bits per heavy atom. The highest BCUT2D eigenvalue weighted by molar-refractivity contribution is 5.63. The first-order valence-electron chi connectivity index (χ1n) is 4.98. The van der Waals surface area contributed by atoms with Gasteiger partial charge in [0.05, 0.1) is 5.56 Å². The van der Waals surface area contributed by atoms with Crippen molar-refractivity contribution >= 4 is 0 Å². The second-order valence-corrected chi connectivity index (χ2v) is 3.80. The maximum atomic E-state index is 13.1. The smallest absolute Gasteiger partial charge is 0.126 e. The number of nitrogens with zero attached hydrogens (tertiary/aromatic N) is 1. The summed E-state index contributed by atoms with van der Waals surface area (Å²) in [6.07, 6.45) is 0. The lowest BCUT2D eigenvalue weighted by molar-refractivity contribution is 0.619. The van der Waals surface area contributed by atoms with E-state index in [0.717, 1.165) is 17.0 Å². The zero-order valence-corrected chi connectivity index (χ0v) is 9.13. The number of halogens is 1. The molecule has 0 amide bonds. The molecule has 80 valence electrons. The van der Waals surface area contributed by atoms with E-state index < -0.39 is 0 Å². The van der Waals surface area contributed by atoms with Crippen LogP contribution in [-0.2, 0) is 0 Å². The quantitative estimate of drug-likeness (QED) is 0.777. The lowest BCUT2D eigenvalue weighted by atomic mass is 10.1. The molecule has 0 spiro atoms. The highest BCUT2D eigenvalue weighted by Gasteiger charge is 2.07.